The average molecular weight is 401 g/mol. The predicted molar refractivity (Wildman–Crippen MR) is 116 cm³/mol. The highest BCUT2D eigenvalue weighted by Gasteiger charge is 2.20. The molecule has 0 spiro atoms. The van der Waals surface area contributed by atoms with Crippen LogP contribution in [0, 0.1) is 0 Å². The second kappa shape index (κ2) is 8.32. The maximum absolute atomic E-state index is 13.2. The highest BCUT2D eigenvalue weighted by Crippen LogP contribution is 2.16. The van der Waals surface area contributed by atoms with Crippen LogP contribution in [0.1, 0.15) is 29.4 Å². The molecule has 0 aliphatic heterocycles. The lowest BCUT2D eigenvalue weighted by Crippen LogP contribution is -2.31. The highest BCUT2D eigenvalue weighted by atomic mass is 16.2. The van der Waals surface area contributed by atoms with Crippen molar-refractivity contribution < 1.29 is 4.79 Å². The lowest BCUT2D eigenvalue weighted by molar-refractivity contribution is 0.0778. The summed E-state index contributed by atoms with van der Waals surface area (Å²) in [4.78, 5) is 27.5. The van der Waals surface area contributed by atoms with Crippen LogP contribution in [0.2, 0.25) is 0 Å². The summed E-state index contributed by atoms with van der Waals surface area (Å²) in [5.74, 6) is -0.233. The highest BCUT2D eigenvalue weighted by molar-refractivity contribution is 6.04. The van der Waals surface area contributed by atoms with E-state index in [1.165, 1.54) is 4.68 Å². The molecule has 30 heavy (non-hydrogen) atoms. The number of nitrogens with zero attached hydrogens (tertiary/aromatic N) is 5. The molecule has 0 radical (unpaired) electrons. The van der Waals surface area contributed by atoms with Gasteiger partial charge < -0.3 is 4.90 Å². The normalized spacial score (nSPS) is 11.0. The van der Waals surface area contributed by atoms with Gasteiger partial charge in [-0.1, -0.05) is 43.3 Å². The van der Waals surface area contributed by atoms with Crippen molar-refractivity contribution in [1.29, 1.82) is 0 Å². The third-order valence-corrected chi connectivity index (χ3v) is 4.93. The Labute approximate surface area is 174 Å². The van der Waals surface area contributed by atoms with Gasteiger partial charge in [-0.15, -0.1) is 0 Å². The Hall–Kier alpha value is -3.74. The van der Waals surface area contributed by atoms with E-state index in [0.29, 0.717) is 23.9 Å². The van der Waals surface area contributed by atoms with E-state index >= 15 is 0 Å². The molecule has 152 valence electrons. The summed E-state index contributed by atoms with van der Waals surface area (Å²) in [7, 11) is 1.73. The first-order valence-electron chi connectivity index (χ1n) is 9.92. The molecule has 0 saturated heterocycles. The minimum Gasteiger partial charge on any atom is -0.336 e. The van der Waals surface area contributed by atoms with Crippen molar-refractivity contribution >= 4 is 16.7 Å². The van der Waals surface area contributed by atoms with Gasteiger partial charge in [0.05, 0.1) is 17.3 Å². The van der Waals surface area contributed by atoms with E-state index in [4.69, 9.17) is 0 Å². The van der Waals surface area contributed by atoms with Crippen LogP contribution in [0.3, 0.4) is 0 Å². The second-order valence-corrected chi connectivity index (χ2v) is 7.21. The molecular formula is C23H23N5O2. The molecule has 0 aliphatic rings. The molecule has 4 rings (SSSR count). The van der Waals surface area contributed by atoms with Gasteiger partial charge in [-0.05, 0) is 24.6 Å². The molecule has 0 unspecified atom stereocenters. The predicted octanol–water partition coefficient (Wildman–Crippen LogP) is 3.26. The van der Waals surface area contributed by atoms with Gasteiger partial charge in [0.15, 0.2) is 5.69 Å². The number of hydrogen-bond donors (Lipinski definition) is 0. The number of aromatic nitrogens is 4. The smallest absolute Gasteiger partial charge is 0.274 e. The Morgan fingerprint density at radius 2 is 1.73 bits per heavy atom. The van der Waals surface area contributed by atoms with Crippen molar-refractivity contribution in [3.8, 4) is 5.69 Å². The van der Waals surface area contributed by atoms with Crippen LogP contribution in [0.25, 0.3) is 16.5 Å². The van der Waals surface area contributed by atoms with Crippen LogP contribution in [-0.2, 0) is 13.1 Å². The molecule has 0 saturated carbocycles. The molecule has 2 aromatic heterocycles. The molecule has 7 nitrogen and oxygen atoms in total. The number of hydrogen-bond acceptors (Lipinski definition) is 4. The maximum Gasteiger partial charge on any atom is 0.274 e. The van der Waals surface area contributed by atoms with Gasteiger partial charge in [0.1, 0.15) is 0 Å². The van der Waals surface area contributed by atoms with Crippen molar-refractivity contribution in [3.05, 3.63) is 88.6 Å². The quantitative estimate of drug-likeness (QED) is 0.497. The fourth-order valence-corrected chi connectivity index (χ4v) is 3.45. The monoisotopic (exact) mass is 401 g/mol. The van der Waals surface area contributed by atoms with E-state index in [2.05, 4.69) is 10.2 Å². The summed E-state index contributed by atoms with van der Waals surface area (Å²) in [6.07, 6.45) is 4.41. The van der Waals surface area contributed by atoms with Gasteiger partial charge in [0.2, 0.25) is 0 Å². The van der Waals surface area contributed by atoms with E-state index in [0.717, 1.165) is 17.7 Å². The zero-order chi connectivity index (χ0) is 21.1. The third kappa shape index (κ3) is 3.74. The fraction of sp³-hybridized carbons (Fsp3) is 0.217. The Morgan fingerprint density at radius 3 is 2.47 bits per heavy atom. The van der Waals surface area contributed by atoms with Crippen LogP contribution in [0.5, 0.6) is 0 Å². The van der Waals surface area contributed by atoms with Gasteiger partial charge in [0.25, 0.3) is 11.5 Å². The van der Waals surface area contributed by atoms with Gasteiger partial charge in [-0.2, -0.15) is 10.2 Å². The SMILES string of the molecule is CCCn1nc(C(=O)N(C)Cc2cnn(-c3ccccc3)c2)c2ccccc2c1=O. The summed E-state index contributed by atoms with van der Waals surface area (Å²) in [6, 6.07) is 16.9. The molecule has 0 fully saturated rings. The summed E-state index contributed by atoms with van der Waals surface area (Å²) < 4.78 is 3.17. The average Bonchev–Trinajstić information content (AvgIpc) is 3.24. The van der Waals surface area contributed by atoms with Crippen molar-refractivity contribution in [2.75, 3.05) is 7.05 Å². The van der Waals surface area contributed by atoms with E-state index in [-0.39, 0.29) is 17.2 Å². The minimum absolute atomic E-state index is 0.171. The lowest BCUT2D eigenvalue weighted by Gasteiger charge is -2.17. The van der Waals surface area contributed by atoms with E-state index in [9.17, 15) is 9.59 Å². The van der Waals surface area contributed by atoms with Crippen molar-refractivity contribution in [2.45, 2.75) is 26.4 Å². The molecule has 0 bridgehead atoms. The molecule has 4 aromatic rings. The number of amides is 1. The fourth-order valence-electron chi connectivity index (χ4n) is 3.45. The third-order valence-electron chi connectivity index (χ3n) is 4.93. The number of rotatable bonds is 6. The Kier molecular flexibility index (Phi) is 5.43. The Bertz CT molecular complexity index is 1240. The van der Waals surface area contributed by atoms with E-state index in [1.807, 2.05) is 49.5 Å². The molecule has 2 aromatic carbocycles. The van der Waals surface area contributed by atoms with Crippen LogP contribution in [0.4, 0.5) is 0 Å². The number of fused-ring (bicyclic) bond motifs is 1. The van der Waals surface area contributed by atoms with Crippen molar-refractivity contribution in [1.82, 2.24) is 24.5 Å². The molecule has 0 aliphatic carbocycles. The lowest BCUT2D eigenvalue weighted by atomic mass is 10.1. The Balaban J connectivity index is 1.63. The number of carbonyl (C=O) groups excluding carboxylic acids is 1. The summed E-state index contributed by atoms with van der Waals surface area (Å²) in [6.45, 7) is 2.83. The van der Waals surface area contributed by atoms with Crippen LogP contribution >= 0.6 is 0 Å². The van der Waals surface area contributed by atoms with Gasteiger partial charge in [0, 0.05) is 37.3 Å². The molecule has 0 atom stereocenters. The van der Waals surface area contributed by atoms with Crippen LogP contribution in [0.15, 0.2) is 71.8 Å². The second-order valence-electron chi connectivity index (χ2n) is 7.21. The first-order chi connectivity index (χ1) is 14.6. The molecular weight excluding hydrogens is 378 g/mol. The summed E-state index contributed by atoms with van der Waals surface area (Å²) in [5.41, 5.74) is 1.98. The standard InChI is InChI=1S/C23H23N5O2/c1-3-13-27-22(29)20-12-8-7-11-19(20)21(25-27)23(30)26(2)15-17-14-24-28(16-17)18-9-5-4-6-10-18/h4-12,14,16H,3,13,15H2,1-2H3. The number of para-hydroxylation sites is 1. The van der Waals surface area contributed by atoms with Crippen LogP contribution < -0.4 is 5.56 Å². The largest absolute Gasteiger partial charge is 0.336 e. The molecule has 2 heterocycles. The molecule has 7 heteroatoms. The number of carbonyl (C=O) groups is 1. The van der Waals surface area contributed by atoms with Gasteiger partial charge >= 0.3 is 0 Å². The minimum atomic E-state index is -0.233. The van der Waals surface area contributed by atoms with Crippen molar-refractivity contribution in [3.63, 3.8) is 0 Å². The number of benzene rings is 2. The zero-order valence-corrected chi connectivity index (χ0v) is 17.0. The van der Waals surface area contributed by atoms with E-state index in [1.54, 1.807) is 41.0 Å². The van der Waals surface area contributed by atoms with Crippen LogP contribution in [-0.4, -0.2) is 37.4 Å². The Morgan fingerprint density at radius 1 is 1.03 bits per heavy atom. The summed E-state index contributed by atoms with van der Waals surface area (Å²) in [5, 5.41) is 9.87. The first kappa shape index (κ1) is 19.6. The topological polar surface area (TPSA) is 73.0 Å². The maximum atomic E-state index is 13.2. The summed E-state index contributed by atoms with van der Waals surface area (Å²) >= 11 is 0. The molecule has 0 N–H and O–H groups in total. The zero-order valence-electron chi connectivity index (χ0n) is 17.0. The van der Waals surface area contributed by atoms with Gasteiger partial charge in [-0.25, -0.2) is 9.36 Å². The number of aryl methyl sites for hydroxylation is 1. The van der Waals surface area contributed by atoms with E-state index < -0.39 is 0 Å². The first-order valence-corrected chi connectivity index (χ1v) is 9.92. The van der Waals surface area contributed by atoms with Crippen molar-refractivity contribution in [2.24, 2.45) is 0 Å². The molecule has 1 amide bonds. The van der Waals surface area contributed by atoms with Gasteiger partial charge in [-0.3, -0.25) is 9.59 Å².